The summed E-state index contributed by atoms with van der Waals surface area (Å²) < 4.78 is 5.18. The van der Waals surface area contributed by atoms with Crippen LogP contribution < -0.4 is 0 Å². The molecule has 0 saturated carbocycles. The molecule has 0 spiro atoms. The minimum absolute atomic E-state index is 0.000324. The van der Waals surface area contributed by atoms with Crippen molar-refractivity contribution in [2.24, 2.45) is 5.92 Å². The molecular weight excluding hydrogens is 737 g/mol. The van der Waals surface area contributed by atoms with E-state index in [1.165, 1.54) is 60.7 Å². The number of carboxylic acid groups (broad SMARTS) is 2. The van der Waals surface area contributed by atoms with Gasteiger partial charge in [0.15, 0.2) is 5.92 Å². The summed E-state index contributed by atoms with van der Waals surface area (Å²) in [6.45, 7) is 11.2. The van der Waals surface area contributed by atoms with Crippen molar-refractivity contribution < 1.29 is 29.3 Å². The minimum atomic E-state index is -1.32. The second-order valence-corrected chi connectivity index (χ2v) is 12.5. The van der Waals surface area contributed by atoms with E-state index in [4.69, 9.17) is 11.3 Å². The van der Waals surface area contributed by atoms with Crippen molar-refractivity contribution in [3.05, 3.63) is 152 Å². The van der Waals surface area contributed by atoms with Crippen molar-refractivity contribution in [3.63, 3.8) is 0 Å². The molecule has 1 amide bonds. The van der Waals surface area contributed by atoms with E-state index >= 15 is 0 Å². The number of hydrogen-bond acceptors (Lipinski definition) is 10. The van der Waals surface area contributed by atoms with E-state index in [2.05, 4.69) is 21.9 Å². The van der Waals surface area contributed by atoms with E-state index in [0.717, 1.165) is 16.8 Å². The number of carbonyl (C=O) groups excluding carboxylic acids is 1. The molecule has 4 rings (SSSR count). The third-order valence-electron chi connectivity index (χ3n) is 9.18. The lowest BCUT2D eigenvalue weighted by molar-refractivity contribution is 0.0686. The fourth-order valence-corrected chi connectivity index (χ4v) is 6.42. The second kappa shape index (κ2) is 20.3. The topological polar surface area (TPSA) is 231 Å². The zero-order valence-electron chi connectivity index (χ0n) is 31.2. The number of rotatable bonds is 12. The molecule has 0 bridgehead atoms. The Kier molecular flexibility index (Phi) is 14.8. The van der Waals surface area contributed by atoms with E-state index in [9.17, 15) is 50.9 Å². The first kappa shape index (κ1) is 42.3. The molecule has 2 aromatic carbocycles. The van der Waals surface area contributed by atoms with Gasteiger partial charge in [0.2, 0.25) is 0 Å². The van der Waals surface area contributed by atoms with Gasteiger partial charge in [-0.05, 0) is 78.5 Å². The van der Waals surface area contributed by atoms with Gasteiger partial charge in [-0.3, -0.25) is 0 Å². The largest absolute Gasteiger partial charge is 0.478 e. The first-order valence-corrected chi connectivity index (χ1v) is 17.7. The van der Waals surface area contributed by atoms with Crippen molar-refractivity contribution in [1.29, 1.82) is 26.3 Å². The molecule has 0 radical (unpaired) electrons. The number of amides is 1. The minimum Gasteiger partial charge on any atom is -0.478 e. The molecule has 2 aliphatic rings. The average Bonchev–Trinajstić information content (AvgIpc) is 3.65. The Bertz CT molecular complexity index is 2420. The van der Waals surface area contributed by atoms with Crippen LogP contribution in [0.1, 0.15) is 51.6 Å². The number of carboxylic acids is 2. The highest BCUT2D eigenvalue weighted by molar-refractivity contribution is 5.91. The number of hydrogen-bond donors (Lipinski definition) is 2. The third kappa shape index (κ3) is 10.0. The Balaban J connectivity index is 1.79. The molecule has 1 fully saturated rings. The van der Waals surface area contributed by atoms with Gasteiger partial charge in [0.25, 0.3) is 5.70 Å². The van der Waals surface area contributed by atoms with Gasteiger partial charge in [-0.1, -0.05) is 48.6 Å². The number of nitrogens with zero attached hydrogens (tertiary/aromatic N) is 8. The number of carbonyl (C=O) groups is 3. The number of benzene rings is 2. The van der Waals surface area contributed by atoms with E-state index in [1.54, 1.807) is 24.0 Å². The molecule has 0 atom stereocenters. The molecule has 14 heteroatoms. The Morgan fingerprint density at radius 1 is 0.828 bits per heavy atom. The molecule has 2 aromatic rings. The van der Waals surface area contributed by atoms with Crippen molar-refractivity contribution >= 4 is 29.2 Å². The molecule has 1 saturated heterocycles. The Morgan fingerprint density at radius 3 is 1.91 bits per heavy atom. The standard InChI is InChI=1S/C44H34N8O6/c1-3-58-44(57)52-22-20-51(21-23-52)41-31(6-4-8-35(24-45)39(37(26-47)27-48)29-10-16-33(17-11-29)42(53)54)14-15-32(41)7-5-9-36(25-46)40(38(28-49)50-2)30-12-18-34(19-13-30)43(55)56/h4-13,16-19,37H,3,14-15,20-23H2,1H3,(H,53,54)(H,55,56)/b7-5+,8-4+,31-6+,36-9+,39-35-,40-38+. The first-order chi connectivity index (χ1) is 28.0. The van der Waals surface area contributed by atoms with Crippen LogP contribution in [0.3, 0.4) is 0 Å². The molecule has 0 aromatic heterocycles. The van der Waals surface area contributed by atoms with Gasteiger partial charge < -0.3 is 24.7 Å². The molecule has 286 valence electrons. The monoisotopic (exact) mass is 770 g/mol. The van der Waals surface area contributed by atoms with Crippen molar-refractivity contribution in [2.75, 3.05) is 32.8 Å². The summed E-state index contributed by atoms with van der Waals surface area (Å²) >= 11 is 0. The summed E-state index contributed by atoms with van der Waals surface area (Å²) in [6, 6.07) is 20.8. The second-order valence-electron chi connectivity index (χ2n) is 12.5. The Morgan fingerprint density at radius 2 is 1.41 bits per heavy atom. The van der Waals surface area contributed by atoms with Crippen LogP contribution in [0.2, 0.25) is 0 Å². The van der Waals surface area contributed by atoms with Gasteiger partial charge in [0.05, 0.1) is 65.8 Å². The van der Waals surface area contributed by atoms with Gasteiger partial charge in [0.1, 0.15) is 0 Å². The summed E-state index contributed by atoms with van der Waals surface area (Å²) in [4.78, 5) is 42.3. The zero-order valence-corrected chi connectivity index (χ0v) is 31.2. The van der Waals surface area contributed by atoms with Crippen LogP contribution in [-0.2, 0) is 4.74 Å². The van der Waals surface area contributed by atoms with Crippen LogP contribution in [-0.4, -0.2) is 70.8 Å². The lowest BCUT2D eigenvalue weighted by Gasteiger charge is -2.37. The number of ether oxygens (including phenoxy) is 1. The summed E-state index contributed by atoms with van der Waals surface area (Å²) in [5, 5.41) is 68.2. The maximum atomic E-state index is 12.5. The van der Waals surface area contributed by atoms with Crippen LogP contribution in [0.5, 0.6) is 0 Å². The van der Waals surface area contributed by atoms with E-state index < -0.39 is 23.9 Å². The summed E-state index contributed by atoms with van der Waals surface area (Å²) in [5.74, 6) is -3.63. The van der Waals surface area contributed by atoms with Crippen molar-refractivity contribution in [2.45, 2.75) is 19.8 Å². The fourth-order valence-electron chi connectivity index (χ4n) is 6.42. The van der Waals surface area contributed by atoms with Crippen molar-refractivity contribution in [1.82, 2.24) is 9.80 Å². The fraction of sp³-hybridized carbons (Fsp3) is 0.205. The van der Waals surface area contributed by atoms with Gasteiger partial charge >= 0.3 is 18.0 Å². The predicted molar refractivity (Wildman–Crippen MR) is 210 cm³/mol. The molecule has 1 aliphatic heterocycles. The van der Waals surface area contributed by atoms with Crippen LogP contribution in [0.4, 0.5) is 4.79 Å². The maximum Gasteiger partial charge on any atom is 0.409 e. The van der Waals surface area contributed by atoms with Crippen LogP contribution in [0.25, 0.3) is 16.0 Å². The molecular formula is C44H34N8O6. The Labute approximate surface area is 335 Å². The number of nitriles is 5. The Hall–Kier alpha value is -8.43. The quantitative estimate of drug-likeness (QED) is 0.124. The first-order valence-electron chi connectivity index (χ1n) is 17.7. The lowest BCUT2D eigenvalue weighted by Crippen LogP contribution is -2.48. The third-order valence-corrected chi connectivity index (χ3v) is 9.18. The normalized spacial score (nSPS) is 15.8. The van der Waals surface area contributed by atoms with Crippen LogP contribution in [0.15, 0.2) is 119 Å². The lowest BCUT2D eigenvalue weighted by atomic mass is 9.89. The van der Waals surface area contributed by atoms with Gasteiger partial charge in [-0.25, -0.2) is 24.5 Å². The highest BCUT2D eigenvalue weighted by atomic mass is 16.6. The molecule has 58 heavy (non-hydrogen) atoms. The van der Waals surface area contributed by atoms with Crippen LogP contribution >= 0.6 is 0 Å². The van der Waals surface area contributed by atoms with Gasteiger partial charge in [-0.2, -0.15) is 21.0 Å². The smallest absolute Gasteiger partial charge is 0.409 e. The zero-order chi connectivity index (χ0) is 42.2. The van der Waals surface area contributed by atoms with Crippen LogP contribution in [0, 0.1) is 69.1 Å². The van der Waals surface area contributed by atoms with E-state index in [0.29, 0.717) is 50.1 Å². The highest BCUT2D eigenvalue weighted by Gasteiger charge is 2.28. The van der Waals surface area contributed by atoms with Gasteiger partial charge in [-0.15, -0.1) is 0 Å². The summed E-state index contributed by atoms with van der Waals surface area (Å²) in [7, 11) is 0. The van der Waals surface area contributed by atoms with Crippen molar-refractivity contribution in [3.8, 4) is 30.3 Å². The molecule has 1 aliphatic carbocycles. The summed E-state index contributed by atoms with van der Waals surface area (Å²) in [6.07, 6.45) is 10.6. The summed E-state index contributed by atoms with van der Waals surface area (Å²) in [5.41, 5.74) is 3.15. The molecule has 14 nitrogen and oxygen atoms in total. The highest BCUT2D eigenvalue weighted by Crippen LogP contribution is 2.36. The molecule has 0 unspecified atom stereocenters. The number of allylic oxidation sites excluding steroid dienone is 13. The number of aromatic carboxylic acids is 2. The predicted octanol–water partition coefficient (Wildman–Crippen LogP) is 7.19. The molecule has 2 N–H and O–H groups in total. The average molecular weight is 771 g/mol. The van der Waals surface area contributed by atoms with E-state index in [-0.39, 0.29) is 45.7 Å². The maximum absolute atomic E-state index is 12.5. The number of piperazine rings is 1. The molecule has 1 heterocycles. The van der Waals surface area contributed by atoms with E-state index in [1.807, 2.05) is 30.4 Å². The SMILES string of the molecule is [C-]#[N+]/C(C#N)=C(/C(C#N)=C/C=C/C1=C(N2CCN(C(=O)OCC)CC2)C(=C/C=C/C(C#N)=C(\c2ccc(C(=O)O)cc2)C(C#N)C#N)/CC1)c1ccc(C(=O)O)cc1. The van der Waals surface area contributed by atoms with Gasteiger partial charge in [0, 0.05) is 43.0 Å².